The average Bonchev–Trinajstić information content (AvgIpc) is 2.28. The van der Waals surface area contributed by atoms with Crippen LogP contribution in [0.4, 0.5) is 5.69 Å². The number of para-hydroxylation sites is 1. The van der Waals surface area contributed by atoms with Gasteiger partial charge in [0.25, 0.3) is 0 Å². The number of carbonyl (C=O) groups is 1. The molecule has 1 aromatic rings. The smallest absolute Gasteiger partial charge is 0.148 e. The standard InChI is InChI=1S/C13H15NO/c1-2-5-12-11(9-15)8-10-6-3-4-7-13(10)14-12/h3-4,6-9,12,14H,2,5H2,1H3. The monoisotopic (exact) mass is 201 g/mol. The lowest BCUT2D eigenvalue weighted by Gasteiger charge is -2.25. The molecule has 78 valence electrons. The molecule has 0 aliphatic carbocycles. The molecule has 1 heterocycles. The van der Waals surface area contributed by atoms with E-state index < -0.39 is 0 Å². The first kappa shape index (κ1) is 9.97. The molecule has 2 nitrogen and oxygen atoms in total. The fraction of sp³-hybridized carbons (Fsp3) is 0.308. The molecule has 1 N–H and O–H groups in total. The quantitative estimate of drug-likeness (QED) is 0.762. The van der Waals surface area contributed by atoms with Gasteiger partial charge in [-0.1, -0.05) is 31.5 Å². The number of hydrogen-bond acceptors (Lipinski definition) is 2. The Bertz CT molecular complexity index is 395. The minimum absolute atomic E-state index is 0.183. The van der Waals surface area contributed by atoms with Crippen LogP contribution in [0.5, 0.6) is 0 Å². The van der Waals surface area contributed by atoms with Crippen molar-refractivity contribution in [1.29, 1.82) is 0 Å². The lowest BCUT2D eigenvalue weighted by atomic mass is 9.95. The highest BCUT2D eigenvalue weighted by atomic mass is 16.1. The first-order valence-corrected chi connectivity index (χ1v) is 5.37. The Morgan fingerprint density at radius 1 is 1.40 bits per heavy atom. The van der Waals surface area contributed by atoms with Gasteiger partial charge >= 0.3 is 0 Å². The first-order chi connectivity index (χ1) is 7.35. The molecule has 2 heteroatoms. The van der Waals surface area contributed by atoms with Crippen molar-refractivity contribution < 1.29 is 4.79 Å². The van der Waals surface area contributed by atoms with Crippen molar-refractivity contribution >= 4 is 18.0 Å². The summed E-state index contributed by atoms with van der Waals surface area (Å²) in [6.45, 7) is 2.13. The summed E-state index contributed by atoms with van der Waals surface area (Å²) in [5, 5.41) is 3.40. The molecule has 1 aliphatic heterocycles. The summed E-state index contributed by atoms with van der Waals surface area (Å²) in [6, 6.07) is 8.25. The molecule has 0 saturated heterocycles. The molecule has 0 radical (unpaired) electrons. The highest BCUT2D eigenvalue weighted by molar-refractivity contribution is 5.89. The number of fused-ring (bicyclic) bond motifs is 1. The fourth-order valence-electron chi connectivity index (χ4n) is 1.95. The van der Waals surface area contributed by atoms with Crippen LogP contribution < -0.4 is 5.32 Å². The maximum absolute atomic E-state index is 10.9. The molecule has 0 spiro atoms. The van der Waals surface area contributed by atoms with E-state index in [-0.39, 0.29) is 6.04 Å². The molecular weight excluding hydrogens is 186 g/mol. The van der Waals surface area contributed by atoms with E-state index in [1.54, 1.807) is 0 Å². The van der Waals surface area contributed by atoms with E-state index in [4.69, 9.17) is 0 Å². The number of rotatable bonds is 3. The fourth-order valence-corrected chi connectivity index (χ4v) is 1.95. The second-order valence-electron chi connectivity index (χ2n) is 3.84. The predicted octanol–water partition coefficient (Wildman–Crippen LogP) is 2.86. The van der Waals surface area contributed by atoms with Crippen molar-refractivity contribution in [2.24, 2.45) is 0 Å². The lowest BCUT2D eigenvalue weighted by molar-refractivity contribution is -0.105. The highest BCUT2D eigenvalue weighted by Gasteiger charge is 2.18. The van der Waals surface area contributed by atoms with Crippen LogP contribution >= 0.6 is 0 Å². The second-order valence-corrected chi connectivity index (χ2v) is 3.84. The predicted molar refractivity (Wildman–Crippen MR) is 62.8 cm³/mol. The van der Waals surface area contributed by atoms with Gasteiger partial charge in [-0.3, -0.25) is 4.79 Å². The van der Waals surface area contributed by atoms with E-state index >= 15 is 0 Å². The molecule has 0 bridgehead atoms. The van der Waals surface area contributed by atoms with Crippen molar-refractivity contribution in [3.63, 3.8) is 0 Å². The highest BCUT2D eigenvalue weighted by Crippen LogP contribution is 2.27. The average molecular weight is 201 g/mol. The van der Waals surface area contributed by atoms with Gasteiger partial charge in [0.15, 0.2) is 0 Å². The molecule has 1 aromatic carbocycles. The zero-order valence-corrected chi connectivity index (χ0v) is 8.86. The van der Waals surface area contributed by atoms with Crippen LogP contribution in [0, 0.1) is 0 Å². The molecule has 1 unspecified atom stereocenters. The number of benzene rings is 1. The SMILES string of the molecule is CCCC1Nc2ccccc2C=C1C=O. The molecule has 0 aromatic heterocycles. The van der Waals surface area contributed by atoms with Crippen LogP contribution in [-0.2, 0) is 4.79 Å². The van der Waals surface area contributed by atoms with Gasteiger partial charge in [0, 0.05) is 11.3 Å². The minimum atomic E-state index is 0.183. The molecule has 0 saturated carbocycles. The van der Waals surface area contributed by atoms with Crippen LogP contribution in [0.25, 0.3) is 6.08 Å². The van der Waals surface area contributed by atoms with E-state index in [0.29, 0.717) is 0 Å². The summed E-state index contributed by atoms with van der Waals surface area (Å²) in [4.78, 5) is 10.9. The minimum Gasteiger partial charge on any atom is -0.378 e. The molecular formula is C13H15NO. The summed E-state index contributed by atoms with van der Waals surface area (Å²) in [7, 11) is 0. The third-order valence-electron chi connectivity index (χ3n) is 2.73. The summed E-state index contributed by atoms with van der Waals surface area (Å²) in [6.07, 6.45) is 5.02. The van der Waals surface area contributed by atoms with E-state index in [2.05, 4.69) is 18.3 Å². The number of carbonyl (C=O) groups excluding carboxylic acids is 1. The van der Waals surface area contributed by atoms with Gasteiger partial charge in [-0.25, -0.2) is 0 Å². The first-order valence-electron chi connectivity index (χ1n) is 5.37. The Balaban J connectivity index is 2.35. The van der Waals surface area contributed by atoms with Crippen molar-refractivity contribution in [3.8, 4) is 0 Å². The molecule has 1 aliphatic rings. The van der Waals surface area contributed by atoms with Crippen molar-refractivity contribution in [2.75, 3.05) is 5.32 Å². The van der Waals surface area contributed by atoms with Gasteiger partial charge in [0.1, 0.15) is 6.29 Å². The van der Waals surface area contributed by atoms with Crippen LogP contribution in [0.15, 0.2) is 29.8 Å². The van der Waals surface area contributed by atoms with E-state index in [9.17, 15) is 4.79 Å². The molecule has 2 rings (SSSR count). The topological polar surface area (TPSA) is 29.1 Å². The maximum atomic E-state index is 10.9. The summed E-state index contributed by atoms with van der Waals surface area (Å²) in [5.41, 5.74) is 3.09. The van der Waals surface area contributed by atoms with Gasteiger partial charge < -0.3 is 5.32 Å². The normalized spacial score (nSPS) is 18.7. The van der Waals surface area contributed by atoms with Crippen molar-refractivity contribution in [1.82, 2.24) is 0 Å². The third-order valence-corrected chi connectivity index (χ3v) is 2.73. The van der Waals surface area contributed by atoms with E-state index in [1.165, 1.54) is 0 Å². The van der Waals surface area contributed by atoms with Crippen molar-refractivity contribution in [3.05, 3.63) is 35.4 Å². The Kier molecular flexibility index (Phi) is 2.86. The van der Waals surface area contributed by atoms with E-state index in [1.807, 2.05) is 24.3 Å². The molecule has 0 amide bonds. The molecule has 0 fully saturated rings. The third kappa shape index (κ3) is 1.94. The number of aldehydes is 1. The Morgan fingerprint density at radius 2 is 2.20 bits per heavy atom. The van der Waals surface area contributed by atoms with Gasteiger partial charge in [-0.05, 0) is 24.1 Å². The zero-order valence-electron chi connectivity index (χ0n) is 8.86. The second kappa shape index (κ2) is 4.30. The van der Waals surface area contributed by atoms with Gasteiger partial charge in [-0.2, -0.15) is 0 Å². The molecule has 15 heavy (non-hydrogen) atoms. The Hall–Kier alpha value is -1.57. The van der Waals surface area contributed by atoms with Crippen LogP contribution in [-0.4, -0.2) is 12.3 Å². The van der Waals surface area contributed by atoms with Gasteiger partial charge in [-0.15, -0.1) is 0 Å². The van der Waals surface area contributed by atoms with Crippen LogP contribution in [0.2, 0.25) is 0 Å². The van der Waals surface area contributed by atoms with Crippen LogP contribution in [0.3, 0.4) is 0 Å². The molecule has 1 atom stereocenters. The Morgan fingerprint density at radius 3 is 2.93 bits per heavy atom. The number of nitrogens with one attached hydrogen (secondary N) is 1. The Labute approximate surface area is 90.0 Å². The van der Waals surface area contributed by atoms with Crippen LogP contribution in [0.1, 0.15) is 25.3 Å². The lowest BCUT2D eigenvalue weighted by Crippen LogP contribution is -2.25. The van der Waals surface area contributed by atoms with Gasteiger partial charge in [0.05, 0.1) is 6.04 Å². The maximum Gasteiger partial charge on any atom is 0.148 e. The van der Waals surface area contributed by atoms with E-state index in [0.717, 1.165) is 36.0 Å². The van der Waals surface area contributed by atoms with Gasteiger partial charge in [0.2, 0.25) is 0 Å². The van der Waals surface area contributed by atoms with Crippen molar-refractivity contribution in [2.45, 2.75) is 25.8 Å². The number of hydrogen-bond donors (Lipinski definition) is 1. The number of anilines is 1. The summed E-state index contributed by atoms with van der Waals surface area (Å²) < 4.78 is 0. The zero-order chi connectivity index (χ0) is 10.7. The summed E-state index contributed by atoms with van der Waals surface area (Å²) in [5.74, 6) is 0. The largest absolute Gasteiger partial charge is 0.378 e. The summed E-state index contributed by atoms with van der Waals surface area (Å²) >= 11 is 0.